The minimum atomic E-state index is -0.223. The summed E-state index contributed by atoms with van der Waals surface area (Å²) in [5.74, 6) is -0.892. The molecule has 150 valence electrons. The number of benzene rings is 1. The van der Waals surface area contributed by atoms with Crippen LogP contribution in [0.5, 0.6) is 0 Å². The molecule has 0 bridgehead atoms. The van der Waals surface area contributed by atoms with Crippen LogP contribution in [0.4, 0.5) is 0 Å². The Balaban J connectivity index is 1.31. The standard InChI is InChI=1S/C24H20N2O4/c27-21-17-8-1-2-9-18(17)22(28)25(21)13-15-6-5-7-16(12-15)14-26-23(29)19-10-3-4-11-20(19)24(26)30/h1-7,12H,8-11,13-14H2. The first-order chi connectivity index (χ1) is 14.5. The lowest BCUT2D eigenvalue weighted by molar-refractivity contribution is -0.139. The molecule has 2 aliphatic heterocycles. The highest BCUT2D eigenvalue weighted by Gasteiger charge is 2.39. The summed E-state index contributed by atoms with van der Waals surface area (Å²) >= 11 is 0. The third kappa shape index (κ3) is 2.87. The van der Waals surface area contributed by atoms with Gasteiger partial charge >= 0.3 is 0 Å². The predicted molar refractivity (Wildman–Crippen MR) is 108 cm³/mol. The summed E-state index contributed by atoms with van der Waals surface area (Å²) in [5.41, 5.74) is 3.96. The molecular formula is C24H20N2O4. The van der Waals surface area contributed by atoms with Gasteiger partial charge in [0.2, 0.25) is 0 Å². The van der Waals surface area contributed by atoms with Crippen molar-refractivity contribution >= 4 is 23.6 Å². The summed E-state index contributed by atoms with van der Waals surface area (Å²) < 4.78 is 0. The Labute approximate surface area is 173 Å². The molecule has 0 fully saturated rings. The highest BCUT2D eigenvalue weighted by atomic mass is 16.2. The highest BCUT2D eigenvalue weighted by Crippen LogP contribution is 2.32. The van der Waals surface area contributed by atoms with Gasteiger partial charge in [0.25, 0.3) is 23.6 Å². The van der Waals surface area contributed by atoms with E-state index in [0.717, 1.165) is 11.1 Å². The maximum atomic E-state index is 12.7. The first-order valence-electron chi connectivity index (χ1n) is 10.1. The van der Waals surface area contributed by atoms with Crippen LogP contribution in [0.2, 0.25) is 0 Å². The van der Waals surface area contributed by atoms with E-state index in [-0.39, 0.29) is 36.7 Å². The van der Waals surface area contributed by atoms with Crippen molar-refractivity contribution < 1.29 is 19.2 Å². The summed E-state index contributed by atoms with van der Waals surface area (Å²) in [6.45, 7) is 0.359. The van der Waals surface area contributed by atoms with Crippen molar-refractivity contribution in [1.29, 1.82) is 0 Å². The van der Waals surface area contributed by atoms with Gasteiger partial charge in [0.05, 0.1) is 13.1 Å². The minimum absolute atomic E-state index is 0.180. The van der Waals surface area contributed by atoms with E-state index in [4.69, 9.17) is 0 Å². The van der Waals surface area contributed by atoms with Crippen LogP contribution < -0.4 is 0 Å². The molecule has 6 nitrogen and oxygen atoms in total. The molecule has 1 aromatic rings. The molecule has 0 N–H and O–H groups in total. The summed E-state index contributed by atoms with van der Waals surface area (Å²) in [5, 5.41) is 0. The molecule has 0 saturated heterocycles. The van der Waals surface area contributed by atoms with E-state index in [9.17, 15) is 19.2 Å². The molecule has 2 aliphatic carbocycles. The largest absolute Gasteiger partial charge is 0.270 e. The van der Waals surface area contributed by atoms with Gasteiger partial charge in [-0.1, -0.05) is 48.6 Å². The van der Waals surface area contributed by atoms with E-state index in [0.29, 0.717) is 48.0 Å². The smallest absolute Gasteiger partial charge is 0.257 e. The number of hydrogen-bond donors (Lipinski definition) is 0. The second-order valence-corrected chi connectivity index (χ2v) is 7.89. The lowest BCUT2D eigenvalue weighted by Crippen LogP contribution is -2.32. The van der Waals surface area contributed by atoms with Crippen molar-refractivity contribution in [2.75, 3.05) is 0 Å². The Kier molecular flexibility index (Phi) is 4.35. The van der Waals surface area contributed by atoms with E-state index in [1.54, 1.807) is 0 Å². The molecule has 5 rings (SSSR count). The number of hydrogen-bond acceptors (Lipinski definition) is 4. The predicted octanol–water partition coefficient (Wildman–Crippen LogP) is 2.72. The minimum Gasteiger partial charge on any atom is -0.270 e. The van der Waals surface area contributed by atoms with Crippen molar-refractivity contribution in [3.05, 3.63) is 82.0 Å². The number of carbonyl (C=O) groups is 4. The zero-order valence-electron chi connectivity index (χ0n) is 16.4. The molecule has 0 atom stereocenters. The van der Waals surface area contributed by atoms with Gasteiger partial charge in [-0.05, 0) is 36.8 Å². The Bertz CT molecular complexity index is 990. The average molecular weight is 400 g/mol. The molecule has 4 aliphatic rings. The van der Waals surface area contributed by atoms with Gasteiger partial charge in [-0.25, -0.2) is 0 Å². The Morgan fingerprint density at radius 3 is 1.23 bits per heavy atom. The van der Waals surface area contributed by atoms with Gasteiger partial charge in [0, 0.05) is 22.3 Å². The van der Waals surface area contributed by atoms with Crippen molar-refractivity contribution in [3.63, 3.8) is 0 Å². The van der Waals surface area contributed by atoms with Crippen LogP contribution in [0.15, 0.2) is 70.9 Å². The topological polar surface area (TPSA) is 74.8 Å². The molecule has 2 heterocycles. The fourth-order valence-electron chi connectivity index (χ4n) is 4.48. The molecule has 4 amide bonds. The van der Waals surface area contributed by atoms with E-state index in [1.807, 2.05) is 48.6 Å². The number of imide groups is 2. The lowest BCUT2D eigenvalue weighted by atomic mass is 9.99. The van der Waals surface area contributed by atoms with Gasteiger partial charge in [0.15, 0.2) is 0 Å². The van der Waals surface area contributed by atoms with Crippen LogP contribution in [0, 0.1) is 0 Å². The SMILES string of the molecule is O=C1C2=C(CC=CC2)C(=O)N1Cc1cccc(CN2C(=O)C3=C(CC=CC3)C2=O)c1. The molecule has 0 saturated carbocycles. The van der Waals surface area contributed by atoms with Crippen molar-refractivity contribution in [3.8, 4) is 0 Å². The maximum absolute atomic E-state index is 12.7. The average Bonchev–Trinajstić information content (AvgIpc) is 3.15. The first kappa shape index (κ1) is 18.5. The van der Waals surface area contributed by atoms with Crippen LogP contribution in [0.1, 0.15) is 36.8 Å². The fourth-order valence-corrected chi connectivity index (χ4v) is 4.48. The molecule has 0 unspecified atom stereocenters. The number of amides is 4. The fraction of sp³-hybridized carbons (Fsp3) is 0.250. The Morgan fingerprint density at radius 2 is 0.900 bits per heavy atom. The number of carbonyl (C=O) groups excluding carboxylic acids is 4. The second-order valence-electron chi connectivity index (χ2n) is 7.89. The van der Waals surface area contributed by atoms with Crippen LogP contribution >= 0.6 is 0 Å². The monoisotopic (exact) mass is 400 g/mol. The lowest BCUT2D eigenvalue weighted by Gasteiger charge is -2.18. The van der Waals surface area contributed by atoms with Crippen LogP contribution in [-0.4, -0.2) is 33.4 Å². The number of rotatable bonds is 4. The number of allylic oxidation sites excluding steroid dienone is 4. The summed E-state index contributed by atoms with van der Waals surface area (Å²) in [7, 11) is 0. The van der Waals surface area contributed by atoms with E-state index in [1.165, 1.54) is 9.80 Å². The van der Waals surface area contributed by atoms with Crippen LogP contribution in [0.25, 0.3) is 0 Å². The number of nitrogens with zero attached hydrogens (tertiary/aromatic N) is 2. The maximum Gasteiger partial charge on any atom is 0.257 e. The van der Waals surface area contributed by atoms with E-state index >= 15 is 0 Å². The third-order valence-corrected chi connectivity index (χ3v) is 6.04. The van der Waals surface area contributed by atoms with Crippen molar-refractivity contribution in [1.82, 2.24) is 9.80 Å². The summed E-state index contributed by atoms with van der Waals surface area (Å²) in [6, 6.07) is 7.37. The van der Waals surface area contributed by atoms with Crippen LogP contribution in [-0.2, 0) is 32.3 Å². The zero-order chi connectivity index (χ0) is 20.8. The van der Waals surface area contributed by atoms with Gasteiger partial charge in [-0.2, -0.15) is 0 Å². The second kappa shape index (κ2) is 7.06. The van der Waals surface area contributed by atoms with Gasteiger partial charge in [-0.3, -0.25) is 29.0 Å². The highest BCUT2D eigenvalue weighted by molar-refractivity contribution is 6.20. The van der Waals surface area contributed by atoms with E-state index in [2.05, 4.69) is 0 Å². The zero-order valence-corrected chi connectivity index (χ0v) is 16.4. The third-order valence-electron chi connectivity index (χ3n) is 6.04. The van der Waals surface area contributed by atoms with Gasteiger partial charge in [-0.15, -0.1) is 0 Å². The molecule has 6 heteroatoms. The first-order valence-corrected chi connectivity index (χ1v) is 10.1. The van der Waals surface area contributed by atoms with E-state index < -0.39 is 0 Å². The molecule has 0 spiro atoms. The summed E-state index contributed by atoms with van der Waals surface area (Å²) in [4.78, 5) is 53.2. The molecule has 1 aromatic carbocycles. The Hall–Kier alpha value is -3.54. The van der Waals surface area contributed by atoms with Crippen LogP contribution in [0.3, 0.4) is 0 Å². The normalized spacial score (nSPS) is 20.7. The van der Waals surface area contributed by atoms with Crippen molar-refractivity contribution in [2.45, 2.75) is 38.8 Å². The summed E-state index contributed by atoms with van der Waals surface area (Å²) in [6.07, 6.45) is 9.68. The van der Waals surface area contributed by atoms with Gasteiger partial charge < -0.3 is 0 Å². The van der Waals surface area contributed by atoms with Gasteiger partial charge in [0.1, 0.15) is 0 Å². The quantitative estimate of drug-likeness (QED) is 0.575. The molecule has 30 heavy (non-hydrogen) atoms. The molecule has 0 aromatic heterocycles. The molecular weight excluding hydrogens is 380 g/mol. The Morgan fingerprint density at radius 1 is 0.567 bits per heavy atom. The van der Waals surface area contributed by atoms with Crippen molar-refractivity contribution in [2.24, 2.45) is 0 Å². The molecule has 0 radical (unpaired) electrons.